The largest absolute Gasteiger partial charge is 0.480 e. The van der Waals surface area contributed by atoms with Crippen molar-refractivity contribution in [2.45, 2.75) is 53.5 Å². The lowest BCUT2D eigenvalue weighted by molar-refractivity contribution is -0.147. The highest BCUT2D eigenvalue weighted by Gasteiger charge is 2.31. The van der Waals surface area contributed by atoms with E-state index < -0.39 is 12.0 Å². The summed E-state index contributed by atoms with van der Waals surface area (Å²) in [5, 5.41) is 8.64. The van der Waals surface area contributed by atoms with Crippen molar-refractivity contribution in [2.24, 2.45) is 0 Å². The molecule has 0 aromatic heterocycles. The van der Waals surface area contributed by atoms with E-state index in [-0.39, 0.29) is 5.91 Å². The van der Waals surface area contributed by atoms with Crippen molar-refractivity contribution in [3.8, 4) is 0 Å². The SMILES string of the molecule is CC.CC.CC(=O)N1CCCC1C(=O)O. The summed E-state index contributed by atoms with van der Waals surface area (Å²) in [7, 11) is 0. The highest BCUT2D eigenvalue weighted by atomic mass is 16.4. The molecular weight excluding hydrogens is 194 g/mol. The third-order valence-electron chi connectivity index (χ3n) is 1.94. The predicted molar refractivity (Wildman–Crippen MR) is 60.7 cm³/mol. The van der Waals surface area contributed by atoms with Crippen molar-refractivity contribution in [1.29, 1.82) is 0 Å². The Balaban J connectivity index is 0. The summed E-state index contributed by atoms with van der Waals surface area (Å²) in [6.07, 6.45) is 1.39. The molecule has 1 fully saturated rings. The van der Waals surface area contributed by atoms with E-state index >= 15 is 0 Å². The minimum absolute atomic E-state index is 0.144. The Bertz CT molecular complexity index is 172. The van der Waals surface area contributed by atoms with Crippen molar-refractivity contribution in [2.75, 3.05) is 6.54 Å². The van der Waals surface area contributed by atoms with Gasteiger partial charge >= 0.3 is 5.97 Å². The molecular formula is C11H23NO3. The number of rotatable bonds is 1. The third kappa shape index (κ3) is 5.40. The molecule has 4 nitrogen and oxygen atoms in total. The average Bonchev–Trinajstić information content (AvgIpc) is 2.72. The molecule has 0 saturated carbocycles. The van der Waals surface area contributed by atoms with E-state index in [0.29, 0.717) is 13.0 Å². The van der Waals surface area contributed by atoms with Gasteiger partial charge in [-0.25, -0.2) is 4.79 Å². The molecule has 0 aromatic carbocycles. The van der Waals surface area contributed by atoms with Crippen LogP contribution < -0.4 is 0 Å². The van der Waals surface area contributed by atoms with Crippen LogP contribution in [0.2, 0.25) is 0 Å². The van der Waals surface area contributed by atoms with Gasteiger partial charge in [0.05, 0.1) is 0 Å². The van der Waals surface area contributed by atoms with Gasteiger partial charge in [0.25, 0.3) is 0 Å². The molecule has 90 valence electrons. The molecule has 1 amide bonds. The average molecular weight is 217 g/mol. The molecule has 0 aromatic rings. The van der Waals surface area contributed by atoms with E-state index in [4.69, 9.17) is 5.11 Å². The normalized spacial score (nSPS) is 18.2. The Morgan fingerprint density at radius 3 is 1.93 bits per heavy atom. The molecule has 0 aliphatic carbocycles. The molecule has 4 heteroatoms. The van der Waals surface area contributed by atoms with Crippen molar-refractivity contribution in [3.05, 3.63) is 0 Å². The first-order valence-corrected chi connectivity index (χ1v) is 5.63. The van der Waals surface area contributed by atoms with Crippen LogP contribution in [0, 0.1) is 0 Å². The Kier molecular flexibility index (Phi) is 10.4. The highest BCUT2D eigenvalue weighted by molar-refractivity contribution is 5.82. The number of amides is 1. The van der Waals surface area contributed by atoms with Crippen LogP contribution in [0.15, 0.2) is 0 Å². The summed E-state index contributed by atoms with van der Waals surface area (Å²) in [5.74, 6) is -1.03. The van der Waals surface area contributed by atoms with Gasteiger partial charge in [-0.1, -0.05) is 27.7 Å². The zero-order valence-electron chi connectivity index (χ0n) is 10.4. The summed E-state index contributed by atoms with van der Waals surface area (Å²) in [4.78, 5) is 22.8. The number of likely N-dealkylation sites (tertiary alicyclic amines) is 1. The molecule has 1 rings (SSSR count). The van der Waals surface area contributed by atoms with Gasteiger partial charge < -0.3 is 10.0 Å². The first-order chi connectivity index (χ1) is 7.13. The van der Waals surface area contributed by atoms with Crippen molar-refractivity contribution in [1.82, 2.24) is 4.90 Å². The number of carbonyl (C=O) groups is 2. The molecule has 1 N–H and O–H groups in total. The number of nitrogens with zero attached hydrogens (tertiary/aromatic N) is 1. The maximum Gasteiger partial charge on any atom is 0.326 e. The Morgan fingerprint density at radius 1 is 1.20 bits per heavy atom. The summed E-state index contributed by atoms with van der Waals surface area (Å²) < 4.78 is 0. The van der Waals surface area contributed by atoms with Crippen LogP contribution in [-0.4, -0.2) is 34.5 Å². The molecule has 1 aliphatic rings. The van der Waals surface area contributed by atoms with Crippen LogP contribution in [0.5, 0.6) is 0 Å². The first kappa shape index (κ1) is 16.4. The van der Waals surface area contributed by atoms with Gasteiger partial charge in [0.15, 0.2) is 0 Å². The van der Waals surface area contributed by atoms with Gasteiger partial charge in [-0.2, -0.15) is 0 Å². The Labute approximate surface area is 92.3 Å². The fourth-order valence-corrected chi connectivity index (χ4v) is 1.40. The van der Waals surface area contributed by atoms with Crippen LogP contribution in [0.25, 0.3) is 0 Å². The van der Waals surface area contributed by atoms with Crippen molar-refractivity contribution >= 4 is 11.9 Å². The fraction of sp³-hybridized carbons (Fsp3) is 0.818. The number of hydrogen-bond donors (Lipinski definition) is 1. The van der Waals surface area contributed by atoms with E-state index in [1.807, 2.05) is 27.7 Å². The van der Waals surface area contributed by atoms with Crippen LogP contribution in [0.1, 0.15) is 47.5 Å². The summed E-state index contributed by atoms with van der Waals surface area (Å²) in [6.45, 7) is 9.99. The monoisotopic (exact) mass is 217 g/mol. The zero-order valence-corrected chi connectivity index (χ0v) is 10.4. The number of carboxylic acid groups (broad SMARTS) is 1. The van der Waals surface area contributed by atoms with Gasteiger partial charge in [0.1, 0.15) is 6.04 Å². The number of hydrogen-bond acceptors (Lipinski definition) is 2. The lowest BCUT2D eigenvalue weighted by Crippen LogP contribution is -2.38. The smallest absolute Gasteiger partial charge is 0.326 e. The van der Waals surface area contributed by atoms with E-state index in [2.05, 4.69) is 0 Å². The number of carbonyl (C=O) groups excluding carboxylic acids is 1. The molecule has 1 unspecified atom stereocenters. The van der Waals surface area contributed by atoms with E-state index in [0.717, 1.165) is 6.42 Å². The van der Waals surface area contributed by atoms with Crippen LogP contribution in [0.3, 0.4) is 0 Å². The summed E-state index contributed by atoms with van der Waals surface area (Å²) in [5.41, 5.74) is 0. The van der Waals surface area contributed by atoms with Crippen LogP contribution >= 0.6 is 0 Å². The van der Waals surface area contributed by atoms with E-state index in [1.165, 1.54) is 11.8 Å². The molecule has 15 heavy (non-hydrogen) atoms. The highest BCUT2D eigenvalue weighted by Crippen LogP contribution is 2.16. The van der Waals surface area contributed by atoms with Crippen LogP contribution in [0.4, 0.5) is 0 Å². The van der Waals surface area contributed by atoms with Crippen LogP contribution in [-0.2, 0) is 9.59 Å². The maximum atomic E-state index is 10.8. The second-order valence-corrected chi connectivity index (χ2v) is 2.71. The number of aliphatic carboxylic acids is 1. The second-order valence-electron chi connectivity index (χ2n) is 2.71. The molecule has 1 atom stereocenters. The van der Waals surface area contributed by atoms with Gasteiger partial charge in [-0.3, -0.25) is 4.79 Å². The molecule has 1 aliphatic heterocycles. The maximum absolute atomic E-state index is 10.8. The summed E-state index contributed by atoms with van der Waals surface area (Å²) >= 11 is 0. The zero-order chi connectivity index (χ0) is 12.4. The molecule has 1 heterocycles. The summed E-state index contributed by atoms with van der Waals surface area (Å²) in [6, 6.07) is -0.576. The predicted octanol–water partition coefficient (Wildman–Crippen LogP) is 2.13. The number of carboxylic acids is 1. The fourth-order valence-electron chi connectivity index (χ4n) is 1.40. The minimum Gasteiger partial charge on any atom is -0.480 e. The lowest BCUT2D eigenvalue weighted by atomic mass is 10.2. The van der Waals surface area contributed by atoms with Crippen molar-refractivity contribution in [3.63, 3.8) is 0 Å². The van der Waals surface area contributed by atoms with Crippen molar-refractivity contribution < 1.29 is 14.7 Å². The van der Waals surface area contributed by atoms with E-state index in [1.54, 1.807) is 0 Å². The minimum atomic E-state index is -0.891. The first-order valence-electron chi connectivity index (χ1n) is 5.63. The Morgan fingerprint density at radius 2 is 1.67 bits per heavy atom. The third-order valence-corrected chi connectivity index (χ3v) is 1.94. The topological polar surface area (TPSA) is 57.6 Å². The molecule has 0 bridgehead atoms. The quantitative estimate of drug-likeness (QED) is 0.732. The lowest BCUT2D eigenvalue weighted by Gasteiger charge is -2.18. The standard InChI is InChI=1S/C7H11NO3.2C2H6/c1-5(9)8-4-2-3-6(8)7(10)11;2*1-2/h6H,2-4H2,1H3,(H,10,11);2*1-2H3. The second kappa shape index (κ2) is 9.49. The molecule has 1 saturated heterocycles. The van der Waals surface area contributed by atoms with Gasteiger partial charge in [0.2, 0.25) is 5.91 Å². The van der Waals surface area contributed by atoms with Gasteiger partial charge in [-0.15, -0.1) is 0 Å². The molecule has 0 spiro atoms. The van der Waals surface area contributed by atoms with E-state index in [9.17, 15) is 9.59 Å². The van der Waals surface area contributed by atoms with Gasteiger partial charge in [-0.05, 0) is 12.8 Å². The molecule has 0 radical (unpaired) electrons. The van der Waals surface area contributed by atoms with Gasteiger partial charge in [0, 0.05) is 13.5 Å². The Hall–Kier alpha value is -1.06.